The first kappa shape index (κ1) is 14.1. The average Bonchev–Trinajstić information content (AvgIpc) is 2.49. The third-order valence-electron chi connectivity index (χ3n) is 3.15. The number of nitrogen functional groups attached to an aromatic ring is 1. The summed E-state index contributed by atoms with van der Waals surface area (Å²) in [6.07, 6.45) is 0. The highest BCUT2D eigenvalue weighted by Crippen LogP contribution is 2.28. The van der Waals surface area contributed by atoms with Crippen LogP contribution in [0.15, 0.2) is 58.8 Å². The fourth-order valence-corrected chi connectivity index (χ4v) is 2.07. The molecule has 0 heterocycles. The first-order chi connectivity index (χ1) is 9.74. The minimum atomic E-state index is 0.734. The van der Waals surface area contributed by atoms with E-state index in [2.05, 4.69) is 29.0 Å². The number of benzene rings is 2. The van der Waals surface area contributed by atoms with E-state index in [1.807, 2.05) is 48.5 Å². The second-order valence-electron chi connectivity index (χ2n) is 4.45. The average molecular weight is 268 g/mol. The van der Waals surface area contributed by atoms with Gasteiger partial charge in [0.25, 0.3) is 0 Å². The van der Waals surface area contributed by atoms with Crippen molar-refractivity contribution >= 4 is 22.7 Å². The Hall–Kier alpha value is -2.36. The zero-order valence-corrected chi connectivity index (χ0v) is 12.0. The normalized spacial score (nSPS) is 10.9. The third-order valence-corrected chi connectivity index (χ3v) is 3.15. The van der Waals surface area contributed by atoms with Gasteiger partial charge in [-0.2, -0.15) is 10.2 Å². The van der Waals surface area contributed by atoms with Crippen LogP contribution in [0.5, 0.6) is 0 Å². The van der Waals surface area contributed by atoms with Crippen LogP contribution in [-0.4, -0.2) is 13.1 Å². The quantitative estimate of drug-likeness (QED) is 0.639. The summed E-state index contributed by atoms with van der Waals surface area (Å²) in [5, 5.41) is 8.40. The maximum absolute atomic E-state index is 6.10. The highest BCUT2D eigenvalue weighted by atomic mass is 15.1. The van der Waals surface area contributed by atoms with Crippen LogP contribution in [0.2, 0.25) is 0 Å². The Kier molecular flexibility index (Phi) is 4.71. The van der Waals surface area contributed by atoms with Crippen molar-refractivity contribution in [1.82, 2.24) is 0 Å². The fraction of sp³-hybridized carbons (Fsp3) is 0.250. The molecule has 4 nitrogen and oxygen atoms in total. The van der Waals surface area contributed by atoms with E-state index in [9.17, 15) is 0 Å². The lowest BCUT2D eigenvalue weighted by molar-refractivity contribution is 0.868. The summed E-state index contributed by atoms with van der Waals surface area (Å²) in [6, 6.07) is 15.5. The second kappa shape index (κ2) is 6.70. The number of hydrogen-bond donors (Lipinski definition) is 1. The van der Waals surface area contributed by atoms with Gasteiger partial charge in [0.15, 0.2) is 0 Å². The molecule has 0 aliphatic carbocycles. The maximum atomic E-state index is 6.10. The first-order valence-electron chi connectivity index (χ1n) is 6.85. The van der Waals surface area contributed by atoms with E-state index in [1.165, 1.54) is 0 Å². The lowest BCUT2D eigenvalue weighted by Gasteiger charge is -2.22. The second-order valence-corrected chi connectivity index (χ2v) is 4.45. The van der Waals surface area contributed by atoms with Crippen molar-refractivity contribution in [3.8, 4) is 0 Å². The Morgan fingerprint density at radius 3 is 2.15 bits per heavy atom. The molecule has 4 heteroatoms. The standard InChI is InChI=1S/C16H20N4/c1-3-20(4-2)16-11-10-14(12-15(16)17)19-18-13-8-6-5-7-9-13/h5-12H,3-4,17H2,1-2H3. The highest BCUT2D eigenvalue weighted by molar-refractivity contribution is 5.71. The number of anilines is 2. The predicted molar refractivity (Wildman–Crippen MR) is 85.0 cm³/mol. The molecular weight excluding hydrogens is 248 g/mol. The Balaban J connectivity index is 2.19. The number of rotatable bonds is 5. The van der Waals surface area contributed by atoms with Crippen molar-refractivity contribution in [2.45, 2.75) is 13.8 Å². The molecule has 0 amide bonds. The summed E-state index contributed by atoms with van der Waals surface area (Å²) in [5.74, 6) is 0. The van der Waals surface area contributed by atoms with Gasteiger partial charge in [-0.25, -0.2) is 0 Å². The Morgan fingerprint density at radius 2 is 1.55 bits per heavy atom. The van der Waals surface area contributed by atoms with Gasteiger partial charge in [0.1, 0.15) is 0 Å². The number of azo groups is 1. The fourth-order valence-electron chi connectivity index (χ4n) is 2.07. The summed E-state index contributed by atoms with van der Waals surface area (Å²) in [6.45, 7) is 6.11. The maximum Gasteiger partial charge on any atom is 0.0879 e. The van der Waals surface area contributed by atoms with Gasteiger partial charge in [-0.05, 0) is 44.2 Å². The van der Waals surface area contributed by atoms with Crippen LogP contribution in [0.25, 0.3) is 0 Å². The summed E-state index contributed by atoms with van der Waals surface area (Å²) in [4.78, 5) is 2.22. The van der Waals surface area contributed by atoms with Crippen LogP contribution in [0.1, 0.15) is 13.8 Å². The van der Waals surface area contributed by atoms with E-state index in [1.54, 1.807) is 0 Å². The van der Waals surface area contributed by atoms with Crippen molar-refractivity contribution in [1.29, 1.82) is 0 Å². The van der Waals surface area contributed by atoms with Crippen LogP contribution < -0.4 is 10.6 Å². The van der Waals surface area contributed by atoms with Gasteiger partial charge in [-0.3, -0.25) is 0 Å². The Bertz CT molecular complexity index is 574. The molecule has 0 saturated carbocycles. The molecule has 2 aromatic rings. The summed E-state index contributed by atoms with van der Waals surface area (Å²) >= 11 is 0. The third kappa shape index (κ3) is 3.35. The highest BCUT2D eigenvalue weighted by Gasteiger charge is 2.06. The van der Waals surface area contributed by atoms with Gasteiger partial charge in [0, 0.05) is 13.1 Å². The molecule has 0 aliphatic rings. The molecule has 0 unspecified atom stereocenters. The van der Waals surface area contributed by atoms with Crippen molar-refractivity contribution in [3.63, 3.8) is 0 Å². The van der Waals surface area contributed by atoms with E-state index >= 15 is 0 Å². The molecule has 2 rings (SSSR count). The van der Waals surface area contributed by atoms with Crippen molar-refractivity contribution in [2.24, 2.45) is 10.2 Å². The van der Waals surface area contributed by atoms with E-state index in [4.69, 9.17) is 5.73 Å². The van der Waals surface area contributed by atoms with Gasteiger partial charge >= 0.3 is 0 Å². The molecule has 0 radical (unpaired) electrons. The lowest BCUT2D eigenvalue weighted by Crippen LogP contribution is -2.22. The van der Waals surface area contributed by atoms with E-state index in [0.29, 0.717) is 0 Å². The number of nitrogens with two attached hydrogens (primary N) is 1. The minimum absolute atomic E-state index is 0.734. The molecule has 0 aromatic heterocycles. The minimum Gasteiger partial charge on any atom is -0.397 e. The molecule has 2 N–H and O–H groups in total. The smallest absolute Gasteiger partial charge is 0.0879 e. The molecule has 0 atom stereocenters. The predicted octanol–water partition coefficient (Wildman–Crippen LogP) is 4.53. The summed E-state index contributed by atoms with van der Waals surface area (Å²) < 4.78 is 0. The zero-order chi connectivity index (χ0) is 14.4. The van der Waals surface area contributed by atoms with Crippen LogP contribution in [0, 0.1) is 0 Å². The zero-order valence-electron chi connectivity index (χ0n) is 12.0. The SMILES string of the molecule is CCN(CC)c1ccc(N=Nc2ccccc2)cc1N. The van der Waals surface area contributed by atoms with Crippen molar-refractivity contribution in [3.05, 3.63) is 48.5 Å². The number of nitrogens with zero attached hydrogens (tertiary/aromatic N) is 3. The van der Waals surface area contributed by atoms with Crippen molar-refractivity contribution in [2.75, 3.05) is 23.7 Å². The van der Waals surface area contributed by atoms with Gasteiger partial charge in [0.2, 0.25) is 0 Å². The monoisotopic (exact) mass is 268 g/mol. The largest absolute Gasteiger partial charge is 0.397 e. The van der Waals surface area contributed by atoms with Crippen LogP contribution in [0.3, 0.4) is 0 Å². The molecule has 20 heavy (non-hydrogen) atoms. The topological polar surface area (TPSA) is 54.0 Å². The Morgan fingerprint density at radius 1 is 0.900 bits per heavy atom. The van der Waals surface area contributed by atoms with Gasteiger partial charge in [-0.15, -0.1) is 0 Å². The lowest BCUT2D eigenvalue weighted by atomic mass is 10.2. The van der Waals surface area contributed by atoms with Gasteiger partial charge < -0.3 is 10.6 Å². The summed E-state index contributed by atoms with van der Waals surface area (Å²) in [7, 11) is 0. The van der Waals surface area contributed by atoms with Gasteiger partial charge in [-0.1, -0.05) is 18.2 Å². The van der Waals surface area contributed by atoms with Crippen LogP contribution in [0.4, 0.5) is 22.7 Å². The van der Waals surface area contributed by atoms with Crippen LogP contribution in [-0.2, 0) is 0 Å². The number of hydrogen-bond acceptors (Lipinski definition) is 4. The van der Waals surface area contributed by atoms with Crippen molar-refractivity contribution < 1.29 is 0 Å². The molecule has 0 saturated heterocycles. The molecule has 0 fully saturated rings. The summed E-state index contributed by atoms with van der Waals surface area (Å²) in [5.41, 5.74) is 9.48. The van der Waals surface area contributed by atoms with E-state index in [0.717, 1.165) is 35.8 Å². The Labute approximate surface area is 119 Å². The molecule has 0 bridgehead atoms. The van der Waals surface area contributed by atoms with Crippen LogP contribution >= 0.6 is 0 Å². The molecule has 104 valence electrons. The van der Waals surface area contributed by atoms with E-state index in [-0.39, 0.29) is 0 Å². The molecule has 2 aromatic carbocycles. The van der Waals surface area contributed by atoms with Gasteiger partial charge in [0.05, 0.1) is 22.7 Å². The first-order valence-corrected chi connectivity index (χ1v) is 6.85. The molecular formula is C16H20N4. The molecule has 0 aliphatic heterocycles. The molecule has 0 spiro atoms. The van der Waals surface area contributed by atoms with E-state index < -0.39 is 0 Å².